The maximum atomic E-state index is 11.6. The molecule has 0 fully saturated rings. The molecule has 0 radical (unpaired) electrons. The van der Waals surface area contributed by atoms with Crippen molar-refractivity contribution in [2.24, 2.45) is 5.41 Å². The van der Waals surface area contributed by atoms with E-state index >= 15 is 0 Å². The quantitative estimate of drug-likeness (QED) is 0.727. The van der Waals surface area contributed by atoms with Crippen LogP contribution in [0.4, 0.5) is 0 Å². The Bertz CT molecular complexity index is 204. The lowest BCUT2D eigenvalue weighted by atomic mass is 9.91. The molecule has 0 rings (SSSR count). The van der Waals surface area contributed by atoms with Gasteiger partial charge in [0.1, 0.15) is 0 Å². The molecule has 0 saturated heterocycles. The molecule has 0 heterocycles. The Hall–Kier alpha value is -0.240. The fourth-order valence-electron chi connectivity index (χ4n) is 0.985. The highest BCUT2D eigenvalue weighted by atomic mass is 35.5. The second-order valence-corrected chi connectivity index (χ2v) is 6.28. The fourth-order valence-corrected chi connectivity index (χ4v) is 1.04. The predicted octanol–water partition coefficient (Wildman–Crippen LogP) is 2.94. The maximum absolute atomic E-state index is 11.6. The second kappa shape index (κ2) is 4.52. The predicted molar refractivity (Wildman–Crippen MR) is 61.6 cm³/mol. The molecule has 1 amide bonds. The molecule has 1 N–H and O–H groups in total. The highest BCUT2D eigenvalue weighted by Crippen LogP contribution is 2.20. The molecule has 0 aliphatic rings. The van der Waals surface area contributed by atoms with Crippen LogP contribution in [0.5, 0.6) is 0 Å². The van der Waals surface area contributed by atoms with Gasteiger partial charge in [0.25, 0.3) is 0 Å². The SMILES string of the molecule is CC(Cl)C(C)(C)NC(=O)CC(C)(C)C. The summed E-state index contributed by atoms with van der Waals surface area (Å²) in [5, 5.41) is 2.86. The minimum absolute atomic E-state index is 0.0235. The van der Waals surface area contributed by atoms with Gasteiger partial charge >= 0.3 is 0 Å². The van der Waals surface area contributed by atoms with Crippen LogP contribution >= 0.6 is 11.6 Å². The fraction of sp³-hybridized carbons (Fsp3) is 0.909. The van der Waals surface area contributed by atoms with Crippen LogP contribution in [0, 0.1) is 5.41 Å². The van der Waals surface area contributed by atoms with Crippen molar-refractivity contribution in [2.75, 3.05) is 0 Å². The number of nitrogens with one attached hydrogen (secondary N) is 1. The van der Waals surface area contributed by atoms with Crippen LogP contribution in [0.1, 0.15) is 48.0 Å². The molecule has 14 heavy (non-hydrogen) atoms. The summed E-state index contributed by atoms with van der Waals surface area (Å²) in [6.45, 7) is 11.9. The molecule has 0 aromatic carbocycles. The van der Waals surface area contributed by atoms with E-state index in [1.807, 2.05) is 41.5 Å². The number of carbonyl (C=O) groups is 1. The third-order valence-corrected chi connectivity index (χ3v) is 2.69. The van der Waals surface area contributed by atoms with Crippen molar-refractivity contribution in [1.29, 1.82) is 0 Å². The van der Waals surface area contributed by atoms with Crippen LogP contribution in [0.15, 0.2) is 0 Å². The average molecular weight is 220 g/mol. The Morgan fingerprint density at radius 1 is 1.29 bits per heavy atom. The van der Waals surface area contributed by atoms with Gasteiger partial charge in [0.15, 0.2) is 0 Å². The standard InChI is InChI=1S/C11H22ClNO/c1-8(12)11(5,6)13-9(14)7-10(2,3)4/h8H,7H2,1-6H3,(H,13,14). The second-order valence-electron chi connectivity index (χ2n) is 5.62. The number of carbonyl (C=O) groups excluding carboxylic acids is 1. The van der Waals surface area contributed by atoms with E-state index in [9.17, 15) is 4.79 Å². The van der Waals surface area contributed by atoms with E-state index < -0.39 is 0 Å². The number of alkyl halides is 1. The van der Waals surface area contributed by atoms with E-state index in [-0.39, 0.29) is 22.2 Å². The third kappa shape index (κ3) is 5.48. The average Bonchev–Trinajstić information content (AvgIpc) is 1.79. The van der Waals surface area contributed by atoms with Crippen molar-refractivity contribution in [2.45, 2.75) is 58.9 Å². The van der Waals surface area contributed by atoms with E-state index in [0.29, 0.717) is 6.42 Å². The molecular formula is C11H22ClNO. The lowest BCUT2D eigenvalue weighted by Gasteiger charge is -2.30. The molecule has 0 aromatic heterocycles. The summed E-state index contributed by atoms with van der Waals surface area (Å²) in [4.78, 5) is 11.6. The van der Waals surface area contributed by atoms with Crippen LogP contribution in [-0.2, 0) is 4.79 Å². The minimum Gasteiger partial charge on any atom is -0.350 e. The molecule has 0 aliphatic heterocycles. The van der Waals surface area contributed by atoms with E-state index in [0.717, 1.165) is 0 Å². The van der Waals surface area contributed by atoms with E-state index in [4.69, 9.17) is 11.6 Å². The summed E-state index contributed by atoms with van der Waals surface area (Å²) in [5.74, 6) is 0.0648. The molecule has 84 valence electrons. The summed E-state index contributed by atoms with van der Waals surface area (Å²) in [7, 11) is 0. The van der Waals surface area contributed by atoms with E-state index in [1.54, 1.807) is 0 Å². The summed E-state index contributed by atoms with van der Waals surface area (Å²) in [5.41, 5.74) is -0.320. The largest absolute Gasteiger partial charge is 0.350 e. The van der Waals surface area contributed by atoms with Gasteiger partial charge in [-0.2, -0.15) is 0 Å². The van der Waals surface area contributed by atoms with Gasteiger partial charge in [0.2, 0.25) is 5.91 Å². The Morgan fingerprint density at radius 3 is 2.00 bits per heavy atom. The van der Waals surface area contributed by atoms with Gasteiger partial charge in [0.05, 0.1) is 10.9 Å². The van der Waals surface area contributed by atoms with E-state index in [1.165, 1.54) is 0 Å². The molecule has 2 nitrogen and oxygen atoms in total. The smallest absolute Gasteiger partial charge is 0.220 e. The Kier molecular flexibility index (Phi) is 4.44. The molecule has 0 spiro atoms. The van der Waals surface area contributed by atoms with Gasteiger partial charge in [-0.3, -0.25) is 4.79 Å². The monoisotopic (exact) mass is 219 g/mol. The van der Waals surface area contributed by atoms with Crippen molar-refractivity contribution in [1.82, 2.24) is 5.32 Å². The van der Waals surface area contributed by atoms with Crippen molar-refractivity contribution >= 4 is 17.5 Å². The number of amides is 1. The van der Waals surface area contributed by atoms with Crippen LogP contribution in [-0.4, -0.2) is 16.8 Å². The van der Waals surface area contributed by atoms with Gasteiger partial charge in [0, 0.05) is 6.42 Å². The molecule has 0 aromatic rings. The Morgan fingerprint density at radius 2 is 1.71 bits per heavy atom. The van der Waals surface area contributed by atoms with Gasteiger partial charge < -0.3 is 5.32 Å². The number of hydrogen-bond acceptors (Lipinski definition) is 1. The molecule has 0 bridgehead atoms. The number of halogens is 1. The van der Waals surface area contributed by atoms with Crippen molar-refractivity contribution < 1.29 is 4.79 Å². The molecule has 1 unspecified atom stereocenters. The summed E-state index contributed by atoms with van der Waals surface area (Å²) in [6.07, 6.45) is 0.528. The van der Waals surface area contributed by atoms with Crippen LogP contribution in [0.2, 0.25) is 0 Å². The van der Waals surface area contributed by atoms with E-state index in [2.05, 4.69) is 5.32 Å². The molecule has 0 aliphatic carbocycles. The topological polar surface area (TPSA) is 29.1 Å². The van der Waals surface area contributed by atoms with Gasteiger partial charge in [-0.15, -0.1) is 11.6 Å². The Labute approximate surface area is 92.4 Å². The minimum atomic E-state index is -0.343. The lowest BCUT2D eigenvalue weighted by Crippen LogP contribution is -2.49. The molecule has 3 heteroatoms. The summed E-state index contributed by atoms with van der Waals surface area (Å²) in [6, 6.07) is 0. The zero-order chi connectivity index (χ0) is 11.6. The van der Waals surface area contributed by atoms with Crippen LogP contribution in [0.25, 0.3) is 0 Å². The van der Waals surface area contributed by atoms with Crippen molar-refractivity contribution in [3.8, 4) is 0 Å². The highest BCUT2D eigenvalue weighted by molar-refractivity contribution is 6.21. The Balaban J connectivity index is 4.20. The zero-order valence-electron chi connectivity index (χ0n) is 10.1. The van der Waals surface area contributed by atoms with Crippen molar-refractivity contribution in [3.63, 3.8) is 0 Å². The number of hydrogen-bond donors (Lipinski definition) is 1. The van der Waals surface area contributed by atoms with Crippen LogP contribution < -0.4 is 5.32 Å². The van der Waals surface area contributed by atoms with Gasteiger partial charge in [-0.25, -0.2) is 0 Å². The number of rotatable bonds is 3. The van der Waals surface area contributed by atoms with Crippen molar-refractivity contribution in [3.05, 3.63) is 0 Å². The summed E-state index contributed by atoms with van der Waals surface area (Å²) < 4.78 is 0. The zero-order valence-corrected chi connectivity index (χ0v) is 10.8. The van der Waals surface area contributed by atoms with Crippen LogP contribution in [0.3, 0.4) is 0 Å². The molecule has 1 atom stereocenters. The van der Waals surface area contributed by atoms with Gasteiger partial charge in [-0.05, 0) is 26.2 Å². The molecule has 0 saturated carbocycles. The van der Waals surface area contributed by atoms with Gasteiger partial charge in [-0.1, -0.05) is 20.8 Å². The summed E-state index contributed by atoms with van der Waals surface area (Å²) >= 11 is 5.97. The first-order valence-corrected chi connectivity index (χ1v) is 5.43. The highest BCUT2D eigenvalue weighted by Gasteiger charge is 2.27. The first-order valence-electron chi connectivity index (χ1n) is 5.00. The maximum Gasteiger partial charge on any atom is 0.220 e. The third-order valence-electron chi connectivity index (χ3n) is 2.15. The normalized spacial score (nSPS) is 15.1. The molecular weight excluding hydrogens is 198 g/mol. The first-order chi connectivity index (χ1) is 6.04. The lowest BCUT2D eigenvalue weighted by molar-refractivity contribution is -0.124. The first kappa shape index (κ1) is 13.8.